The van der Waals surface area contributed by atoms with Crippen LogP contribution in [0, 0.1) is 5.41 Å². The molecule has 0 radical (unpaired) electrons. The minimum absolute atomic E-state index is 0.125. The van der Waals surface area contributed by atoms with Crippen molar-refractivity contribution in [3.05, 3.63) is 11.6 Å². The van der Waals surface area contributed by atoms with Crippen LogP contribution in [0.25, 0.3) is 0 Å². The average molecular weight is 250 g/mol. The molecule has 2 fully saturated rings. The third kappa shape index (κ3) is 2.38. The van der Waals surface area contributed by atoms with Crippen molar-refractivity contribution in [2.75, 3.05) is 13.2 Å². The summed E-state index contributed by atoms with van der Waals surface area (Å²) in [6.45, 7) is 0.794. The van der Waals surface area contributed by atoms with Gasteiger partial charge in [0.1, 0.15) is 5.82 Å². The number of hydrogen-bond donors (Lipinski definition) is 3. The lowest BCUT2D eigenvalue weighted by atomic mass is 10.0. The third-order valence-electron chi connectivity index (χ3n) is 3.89. The summed E-state index contributed by atoms with van der Waals surface area (Å²) in [6, 6.07) is 0. The van der Waals surface area contributed by atoms with Crippen LogP contribution in [0.1, 0.15) is 54.5 Å². The van der Waals surface area contributed by atoms with E-state index in [-0.39, 0.29) is 23.8 Å². The van der Waals surface area contributed by atoms with E-state index in [1.54, 1.807) is 0 Å². The fourth-order valence-electron chi connectivity index (χ4n) is 2.19. The molecular weight excluding hydrogens is 232 g/mol. The molecule has 6 heteroatoms. The Bertz CT molecular complexity index is 449. The van der Waals surface area contributed by atoms with E-state index in [1.165, 1.54) is 0 Å². The maximum atomic E-state index is 11.9. The Morgan fingerprint density at radius 3 is 2.89 bits per heavy atom. The van der Waals surface area contributed by atoms with Crippen molar-refractivity contribution < 1.29 is 9.90 Å². The quantitative estimate of drug-likeness (QED) is 0.688. The van der Waals surface area contributed by atoms with Gasteiger partial charge in [-0.25, -0.2) is 4.98 Å². The monoisotopic (exact) mass is 250 g/mol. The second kappa shape index (κ2) is 4.35. The number of aliphatic hydroxyl groups excluding tert-OH is 1. The maximum Gasteiger partial charge on any atom is 0.290 e. The van der Waals surface area contributed by atoms with Gasteiger partial charge in [0.25, 0.3) is 5.91 Å². The molecule has 1 amide bonds. The number of carbonyl (C=O) groups excluding carboxylic acids is 1. The Morgan fingerprint density at radius 1 is 1.50 bits per heavy atom. The van der Waals surface area contributed by atoms with Gasteiger partial charge in [-0.1, -0.05) is 0 Å². The number of nitrogens with zero attached hydrogens (tertiary/aromatic N) is 2. The molecule has 1 heterocycles. The van der Waals surface area contributed by atoms with Gasteiger partial charge in [0, 0.05) is 19.1 Å². The van der Waals surface area contributed by atoms with Gasteiger partial charge in [-0.15, -0.1) is 5.10 Å². The number of rotatable bonds is 6. The summed E-state index contributed by atoms with van der Waals surface area (Å²) in [5, 5.41) is 18.6. The van der Waals surface area contributed by atoms with Crippen LogP contribution in [0.15, 0.2) is 0 Å². The zero-order valence-corrected chi connectivity index (χ0v) is 10.3. The van der Waals surface area contributed by atoms with Crippen molar-refractivity contribution in [2.24, 2.45) is 5.41 Å². The summed E-state index contributed by atoms with van der Waals surface area (Å²) >= 11 is 0. The van der Waals surface area contributed by atoms with Crippen LogP contribution in [0.2, 0.25) is 0 Å². The van der Waals surface area contributed by atoms with Crippen molar-refractivity contribution in [1.29, 1.82) is 0 Å². The molecule has 0 saturated heterocycles. The average Bonchev–Trinajstić information content (AvgIpc) is 3.29. The van der Waals surface area contributed by atoms with E-state index in [0.29, 0.717) is 12.5 Å². The number of aromatic nitrogens is 3. The lowest BCUT2D eigenvalue weighted by molar-refractivity contribution is 0.0930. The second-order valence-electron chi connectivity index (χ2n) is 5.47. The minimum atomic E-state index is -0.220. The molecule has 6 nitrogen and oxygen atoms in total. The molecule has 98 valence electrons. The molecule has 18 heavy (non-hydrogen) atoms. The SMILES string of the molecule is O=C(NCC1(CCO)CC1)c1n[nH]c(C2CC2)n1. The minimum Gasteiger partial charge on any atom is -0.396 e. The van der Waals surface area contributed by atoms with Crippen LogP contribution in [-0.2, 0) is 0 Å². The maximum absolute atomic E-state index is 11.9. The second-order valence-corrected chi connectivity index (χ2v) is 5.47. The Morgan fingerprint density at radius 2 is 2.28 bits per heavy atom. The molecular formula is C12H18N4O2. The van der Waals surface area contributed by atoms with Crippen LogP contribution < -0.4 is 5.32 Å². The van der Waals surface area contributed by atoms with Crippen LogP contribution in [-0.4, -0.2) is 39.3 Å². The summed E-state index contributed by atoms with van der Waals surface area (Å²) < 4.78 is 0. The molecule has 2 aliphatic rings. The highest BCUT2D eigenvalue weighted by atomic mass is 16.3. The largest absolute Gasteiger partial charge is 0.396 e. The van der Waals surface area contributed by atoms with Crippen LogP contribution >= 0.6 is 0 Å². The predicted octanol–water partition coefficient (Wildman–Crippen LogP) is 0.574. The van der Waals surface area contributed by atoms with E-state index >= 15 is 0 Å². The van der Waals surface area contributed by atoms with Gasteiger partial charge in [0.15, 0.2) is 0 Å². The summed E-state index contributed by atoms with van der Waals surface area (Å²) in [5.41, 5.74) is 0.125. The molecule has 3 rings (SSSR count). The molecule has 0 bridgehead atoms. The number of amides is 1. The molecule has 3 N–H and O–H groups in total. The number of hydrogen-bond acceptors (Lipinski definition) is 4. The Kier molecular flexibility index (Phi) is 2.81. The first kappa shape index (κ1) is 11.6. The van der Waals surface area contributed by atoms with Crippen LogP contribution in [0.4, 0.5) is 0 Å². The van der Waals surface area contributed by atoms with Gasteiger partial charge in [-0.05, 0) is 37.5 Å². The fourth-order valence-corrected chi connectivity index (χ4v) is 2.19. The molecule has 1 aromatic heterocycles. The molecule has 2 saturated carbocycles. The van der Waals surface area contributed by atoms with Gasteiger partial charge in [0.2, 0.25) is 5.82 Å². The highest BCUT2D eigenvalue weighted by molar-refractivity contribution is 5.90. The number of nitrogens with one attached hydrogen (secondary N) is 2. The van der Waals surface area contributed by atoms with Gasteiger partial charge < -0.3 is 10.4 Å². The fraction of sp³-hybridized carbons (Fsp3) is 0.750. The number of H-pyrrole nitrogens is 1. The topological polar surface area (TPSA) is 90.9 Å². The first-order valence-corrected chi connectivity index (χ1v) is 6.54. The molecule has 0 spiro atoms. The zero-order chi connectivity index (χ0) is 12.6. The Balaban J connectivity index is 1.54. The number of aromatic amines is 1. The third-order valence-corrected chi connectivity index (χ3v) is 3.89. The van der Waals surface area contributed by atoms with Crippen LogP contribution in [0.3, 0.4) is 0 Å². The molecule has 0 aromatic carbocycles. The molecule has 2 aliphatic carbocycles. The predicted molar refractivity (Wildman–Crippen MR) is 64.1 cm³/mol. The highest BCUT2D eigenvalue weighted by Crippen LogP contribution is 2.47. The van der Waals surface area contributed by atoms with Crippen molar-refractivity contribution >= 4 is 5.91 Å². The lowest BCUT2D eigenvalue weighted by Crippen LogP contribution is -2.31. The van der Waals surface area contributed by atoms with Gasteiger partial charge >= 0.3 is 0 Å². The zero-order valence-electron chi connectivity index (χ0n) is 10.3. The Hall–Kier alpha value is -1.43. The Labute approximate surface area is 105 Å². The normalized spacial score (nSPS) is 20.7. The number of carbonyl (C=O) groups is 1. The molecule has 0 unspecified atom stereocenters. The van der Waals surface area contributed by atoms with E-state index < -0.39 is 0 Å². The molecule has 0 aliphatic heterocycles. The first-order chi connectivity index (χ1) is 8.72. The van der Waals surface area contributed by atoms with E-state index in [2.05, 4.69) is 20.5 Å². The van der Waals surface area contributed by atoms with E-state index in [0.717, 1.165) is 37.9 Å². The van der Waals surface area contributed by atoms with E-state index in [9.17, 15) is 4.79 Å². The first-order valence-electron chi connectivity index (χ1n) is 6.54. The van der Waals surface area contributed by atoms with Crippen molar-refractivity contribution in [3.63, 3.8) is 0 Å². The van der Waals surface area contributed by atoms with E-state index in [1.807, 2.05) is 0 Å². The van der Waals surface area contributed by atoms with Crippen LogP contribution in [0.5, 0.6) is 0 Å². The van der Waals surface area contributed by atoms with Crippen molar-refractivity contribution in [1.82, 2.24) is 20.5 Å². The molecule has 0 atom stereocenters. The highest BCUT2D eigenvalue weighted by Gasteiger charge is 2.42. The van der Waals surface area contributed by atoms with Crippen molar-refractivity contribution in [3.8, 4) is 0 Å². The van der Waals surface area contributed by atoms with Crippen molar-refractivity contribution in [2.45, 2.75) is 38.0 Å². The van der Waals surface area contributed by atoms with E-state index in [4.69, 9.17) is 5.11 Å². The number of aliphatic hydroxyl groups is 1. The summed E-state index contributed by atoms with van der Waals surface area (Å²) in [5.74, 6) is 1.32. The standard InChI is InChI=1S/C12H18N4O2/c17-6-5-12(3-4-12)7-13-11(18)10-14-9(15-16-10)8-1-2-8/h8,17H,1-7H2,(H,13,18)(H,14,15,16). The summed E-state index contributed by atoms with van der Waals surface area (Å²) in [6.07, 6.45) is 5.19. The van der Waals surface area contributed by atoms with Gasteiger partial charge in [0.05, 0.1) is 0 Å². The molecule has 1 aromatic rings. The van der Waals surface area contributed by atoms with Gasteiger partial charge in [-0.2, -0.15) is 0 Å². The lowest BCUT2D eigenvalue weighted by Gasteiger charge is -2.13. The summed E-state index contributed by atoms with van der Waals surface area (Å²) in [7, 11) is 0. The van der Waals surface area contributed by atoms with Gasteiger partial charge in [-0.3, -0.25) is 9.89 Å². The smallest absolute Gasteiger partial charge is 0.290 e. The summed E-state index contributed by atoms with van der Waals surface area (Å²) in [4.78, 5) is 16.1.